The minimum atomic E-state index is -0.243. The molecule has 0 aliphatic carbocycles. The van der Waals surface area contributed by atoms with Gasteiger partial charge in [0.15, 0.2) is 0 Å². The molecule has 0 fully saturated rings. The number of hydrogen-bond donors (Lipinski definition) is 1. The molecule has 0 aliphatic heterocycles. The topological polar surface area (TPSA) is 93.8 Å². The summed E-state index contributed by atoms with van der Waals surface area (Å²) in [5, 5.41) is 7.60. The Hall–Kier alpha value is -3.61. The summed E-state index contributed by atoms with van der Waals surface area (Å²) in [5.74, 6) is 0.541. The lowest BCUT2D eigenvalue weighted by Gasteiger charge is -2.05. The van der Waals surface area contributed by atoms with Gasteiger partial charge in [0.25, 0.3) is 5.91 Å². The zero-order chi connectivity index (χ0) is 17.1. The van der Waals surface area contributed by atoms with E-state index in [1.165, 1.54) is 0 Å². The van der Waals surface area contributed by atoms with Crippen LogP contribution in [-0.4, -0.2) is 26.0 Å². The molecule has 0 unspecified atom stereocenters. The molecule has 4 rings (SSSR count). The average Bonchev–Trinajstić information content (AvgIpc) is 3.15. The number of nitrogens with zero attached hydrogens (tertiary/aromatic N) is 4. The molecule has 4 aromatic rings. The summed E-state index contributed by atoms with van der Waals surface area (Å²) in [7, 11) is 0. The van der Waals surface area contributed by atoms with E-state index in [1.54, 1.807) is 36.8 Å². The number of carbonyl (C=O) groups excluding carboxylic acids is 1. The molecule has 25 heavy (non-hydrogen) atoms. The van der Waals surface area contributed by atoms with Crippen LogP contribution in [0.25, 0.3) is 22.3 Å². The van der Waals surface area contributed by atoms with Gasteiger partial charge in [-0.15, -0.1) is 0 Å². The van der Waals surface area contributed by atoms with E-state index in [2.05, 4.69) is 25.4 Å². The van der Waals surface area contributed by atoms with Crippen LogP contribution in [0.2, 0.25) is 0 Å². The van der Waals surface area contributed by atoms with E-state index < -0.39 is 0 Å². The standard InChI is InChI=1S/C18H13N5O2/c24-18(14-5-1-3-12-4-2-8-20-16(12)14)21-11-15-22-17(23-25-15)13-6-9-19-10-7-13/h1-10H,11H2,(H,21,24). The van der Waals surface area contributed by atoms with Gasteiger partial charge in [-0.3, -0.25) is 14.8 Å². The molecule has 0 spiro atoms. The van der Waals surface area contributed by atoms with E-state index in [0.717, 1.165) is 10.9 Å². The molecular formula is C18H13N5O2. The number of carbonyl (C=O) groups is 1. The maximum absolute atomic E-state index is 12.5. The first-order valence-corrected chi connectivity index (χ1v) is 7.66. The van der Waals surface area contributed by atoms with E-state index in [4.69, 9.17) is 4.52 Å². The van der Waals surface area contributed by atoms with Gasteiger partial charge in [-0.05, 0) is 24.3 Å². The van der Waals surface area contributed by atoms with Crippen molar-refractivity contribution in [1.29, 1.82) is 0 Å². The second kappa shape index (κ2) is 6.48. The summed E-state index contributed by atoms with van der Waals surface area (Å²) >= 11 is 0. The fourth-order valence-electron chi connectivity index (χ4n) is 2.48. The fraction of sp³-hybridized carbons (Fsp3) is 0.0556. The van der Waals surface area contributed by atoms with Crippen molar-refractivity contribution in [2.75, 3.05) is 0 Å². The molecule has 122 valence electrons. The number of aromatic nitrogens is 4. The lowest BCUT2D eigenvalue weighted by atomic mass is 10.1. The molecule has 7 heteroatoms. The third-order valence-corrected chi connectivity index (χ3v) is 3.68. The van der Waals surface area contributed by atoms with Crippen LogP contribution in [0.5, 0.6) is 0 Å². The predicted octanol–water partition coefficient (Wildman–Crippen LogP) is 2.61. The van der Waals surface area contributed by atoms with Crippen LogP contribution in [-0.2, 0) is 6.54 Å². The average molecular weight is 331 g/mol. The van der Waals surface area contributed by atoms with Gasteiger partial charge in [-0.1, -0.05) is 23.4 Å². The second-order valence-electron chi connectivity index (χ2n) is 5.31. The summed E-state index contributed by atoms with van der Waals surface area (Å²) in [6.07, 6.45) is 4.97. The molecule has 0 radical (unpaired) electrons. The molecule has 0 saturated carbocycles. The van der Waals surface area contributed by atoms with Gasteiger partial charge >= 0.3 is 0 Å². The molecule has 0 atom stereocenters. The van der Waals surface area contributed by atoms with E-state index in [0.29, 0.717) is 22.8 Å². The van der Waals surface area contributed by atoms with E-state index >= 15 is 0 Å². The number of nitrogens with one attached hydrogen (secondary N) is 1. The zero-order valence-electron chi connectivity index (χ0n) is 13.1. The number of amides is 1. The van der Waals surface area contributed by atoms with Gasteiger partial charge in [0.2, 0.25) is 11.7 Å². The van der Waals surface area contributed by atoms with Crippen LogP contribution in [0, 0.1) is 0 Å². The van der Waals surface area contributed by atoms with Gasteiger partial charge < -0.3 is 9.84 Å². The fourth-order valence-corrected chi connectivity index (χ4v) is 2.48. The van der Waals surface area contributed by atoms with Crippen LogP contribution in [0.1, 0.15) is 16.2 Å². The van der Waals surface area contributed by atoms with Gasteiger partial charge in [0.1, 0.15) is 0 Å². The zero-order valence-corrected chi connectivity index (χ0v) is 13.1. The Balaban J connectivity index is 1.50. The third-order valence-electron chi connectivity index (χ3n) is 3.68. The molecule has 0 saturated heterocycles. The number of benzene rings is 1. The van der Waals surface area contributed by atoms with Gasteiger partial charge in [-0.2, -0.15) is 4.98 Å². The first-order chi connectivity index (χ1) is 12.3. The van der Waals surface area contributed by atoms with Crippen LogP contribution in [0.4, 0.5) is 0 Å². The summed E-state index contributed by atoms with van der Waals surface area (Å²) in [4.78, 5) is 25.0. The molecule has 0 bridgehead atoms. The summed E-state index contributed by atoms with van der Waals surface area (Å²) < 4.78 is 5.18. The number of fused-ring (bicyclic) bond motifs is 1. The number of para-hydroxylation sites is 1. The SMILES string of the molecule is O=C(NCc1nc(-c2ccncc2)no1)c1cccc2cccnc12. The summed E-state index contributed by atoms with van der Waals surface area (Å²) in [6.45, 7) is 0.139. The molecule has 7 nitrogen and oxygen atoms in total. The lowest BCUT2D eigenvalue weighted by Crippen LogP contribution is -2.23. The van der Waals surface area contributed by atoms with Crippen LogP contribution < -0.4 is 5.32 Å². The van der Waals surface area contributed by atoms with E-state index in [-0.39, 0.29) is 12.5 Å². The Labute approximate surface area is 142 Å². The maximum atomic E-state index is 12.5. The van der Waals surface area contributed by atoms with Crippen molar-refractivity contribution in [3.05, 3.63) is 72.5 Å². The van der Waals surface area contributed by atoms with Gasteiger partial charge in [0.05, 0.1) is 17.6 Å². The number of pyridine rings is 2. The van der Waals surface area contributed by atoms with Crippen molar-refractivity contribution in [2.45, 2.75) is 6.54 Å². The highest BCUT2D eigenvalue weighted by molar-refractivity contribution is 6.05. The monoisotopic (exact) mass is 331 g/mol. The predicted molar refractivity (Wildman–Crippen MR) is 90.4 cm³/mol. The Morgan fingerprint density at radius 2 is 1.88 bits per heavy atom. The molecule has 1 N–H and O–H groups in total. The highest BCUT2D eigenvalue weighted by Gasteiger charge is 2.13. The first kappa shape index (κ1) is 14.9. The van der Waals surface area contributed by atoms with Crippen LogP contribution in [0.3, 0.4) is 0 Å². The lowest BCUT2D eigenvalue weighted by molar-refractivity contribution is 0.0948. The highest BCUT2D eigenvalue weighted by atomic mass is 16.5. The minimum Gasteiger partial charge on any atom is -0.343 e. The normalized spacial score (nSPS) is 10.7. The summed E-state index contributed by atoms with van der Waals surface area (Å²) in [6, 6.07) is 12.8. The smallest absolute Gasteiger partial charge is 0.253 e. The minimum absolute atomic E-state index is 0.139. The molecule has 1 amide bonds. The summed E-state index contributed by atoms with van der Waals surface area (Å²) in [5.41, 5.74) is 1.96. The molecular weight excluding hydrogens is 318 g/mol. The van der Waals surface area contributed by atoms with Crippen molar-refractivity contribution >= 4 is 16.8 Å². The molecule has 3 aromatic heterocycles. The van der Waals surface area contributed by atoms with Crippen LogP contribution in [0.15, 0.2) is 65.6 Å². The van der Waals surface area contributed by atoms with E-state index in [1.807, 2.05) is 24.3 Å². The number of hydrogen-bond acceptors (Lipinski definition) is 6. The molecule has 0 aliphatic rings. The van der Waals surface area contributed by atoms with Crippen molar-refractivity contribution in [3.63, 3.8) is 0 Å². The molecule has 3 heterocycles. The Morgan fingerprint density at radius 1 is 1.04 bits per heavy atom. The largest absolute Gasteiger partial charge is 0.343 e. The van der Waals surface area contributed by atoms with Gasteiger partial charge in [-0.25, -0.2) is 0 Å². The van der Waals surface area contributed by atoms with Crippen molar-refractivity contribution in [1.82, 2.24) is 25.4 Å². The van der Waals surface area contributed by atoms with Crippen molar-refractivity contribution in [3.8, 4) is 11.4 Å². The number of rotatable bonds is 4. The van der Waals surface area contributed by atoms with E-state index in [9.17, 15) is 4.79 Å². The maximum Gasteiger partial charge on any atom is 0.253 e. The third kappa shape index (κ3) is 3.07. The van der Waals surface area contributed by atoms with Gasteiger partial charge in [0, 0.05) is 29.5 Å². The van der Waals surface area contributed by atoms with Crippen molar-refractivity contribution < 1.29 is 9.32 Å². The highest BCUT2D eigenvalue weighted by Crippen LogP contribution is 2.16. The Bertz CT molecular complexity index is 1020. The van der Waals surface area contributed by atoms with Crippen molar-refractivity contribution in [2.24, 2.45) is 0 Å². The first-order valence-electron chi connectivity index (χ1n) is 7.66. The Kier molecular flexibility index (Phi) is 3.88. The second-order valence-corrected chi connectivity index (χ2v) is 5.31. The Morgan fingerprint density at radius 3 is 2.76 bits per heavy atom. The quantitative estimate of drug-likeness (QED) is 0.618. The molecule has 1 aromatic carbocycles. The van der Waals surface area contributed by atoms with Crippen LogP contribution >= 0.6 is 0 Å².